The van der Waals surface area contributed by atoms with Gasteiger partial charge in [-0.3, -0.25) is 9.36 Å². The molecule has 0 amide bonds. The van der Waals surface area contributed by atoms with Gasteiger partial charge in [0, 0.05) is 19.0 Å². The highest BCUT2D eigenvalue weighted by Crippen LogP contribution is 2.47. The third-order valence-electron chi connectivity index (χ3n) is 2.38. The van der Waals surface area contributed by atoms with Gasteiger partial charge in [-0.15, -0.1) is 0 Å². The molecule has 0 saturated carbocycles. The SMILES string of the molecule is CCOP(=O)(CC)OCCC(CON)COC(C)=O. The van der Waals surface area contributed by atoms with E-state index in [4.69, 9.17) is 19.7 Å². The molecule has 2 atom stereocenters. The summed E-state index contributed by atoms with van der Waals surface area (Å²) in [5.74, 6) is 4.55. The molecule has 0 spiro atoms. The van der Waals surface area contributed by atoms with Crippen LogP contribution in [0.3, 0.4) is 0 Å². The largest absolute Gasteiger partial charge is 0.465 e. The van der Waals surface area contributed by atoms with Crippen LogP contribution in [0.4, 0.5) is 0 Å². The maximum atomic E-state index is 12.0. The second kappa shape index (κ2) is 10.3. The average molecular weight is 297 g/mol. The molecule has 0 saturated heterocycles. The molecule has 0 aliphatic heterocycles. The third-order valence-corrected chi connectivity index (χ3v) is 4.38. The number of nitrogens with two attached hydrogens (primary N) is 1. The van der Waals surface area contributed by atoms with Gasteiger partial charge in [-0.25, -0.2) is 5.90 Å². The summed E-state index contributed by atoms with van der Waals surface area (Å²) in [7, 11) is -2.99. The predicted octanol–water partition coefficient (Wildman–Crippen LogP) is 1.71. The number of ether oxygens (including phenoxy) is 1. The van der Waals surface area contributed by atoms with Crippen LogP contribution in [0.5, 0.6) is 0 Å². The lowest BCUT2D eigenvalue weighted by Crippen LogP contribution is -2.21. The molecule has 0 bridgehead atoms. The minimum absolute atomic E-state index is 0.0965. The molecule has 2 unspecified atom stereocenters. The molecular weight excluding hydrogens is 273 g/mol. The molecule has 0 aromatic rings. The summed E-state index contributed by atoms with van der Waals surface area (Å²) in [6.45, 7) is 5.85. The fourth-order valence-electron chi connectivity index (χ4n) is 1.36. The minimum Gasteiger partial charge on any atom is -0.465 e. The van der Waals surface area contributed by atoms with Crippen LogP contribution in [-0.4, -0.2) is 38.6 Å². The lowest BCUT2D eigenvalue weighted by atomic mass is 10.1. The maximum absolute atomic E-state index is 12.0. The predicted molar refractivity (Wildman–Crippen MR) is 70.6 cm³/mol. The Labute approximate surface area is 114 Å². The van der Waals surface area contributed by atoms with E-state index in [1.165, 1.54) is 6.92 Å². The van der Waals surface area contributed by atoms with E-state index in [1.54, 1.807) is 13.8 Å². The molecule has 0 aromatic carbocycles. The van der Waals surface area contributed by atoms with Gasteiger partial charge in [0.05, 0.1) is 26.4 Å². The van der Waals surface area contributed by atoms with Crippen molar-refractivity contribution in [1.82, 2.24) is 0 Å². The average Bonchev–Trinajstić information content (AvgIpc) is 2.36. The van der Waals surface area contributed by atoms with Crippen molar-refractivity contribution < 1.29 is 28.0 Å². The summed E-state index contributed by atoms with van der Waals surface area (Å²) in [5, 5.41) is 0. The molecule has 2 N–H and O–H groups in total. The first kappa shape index (κ1) is 18.5. The molecule has 8 heteroatoms. The van der Waals surface area contributed by atoms with Crippen LogP contribution in [0, 0.1) is 5.92 Å². The summed E-state index contributed by atoms with van der Waals surface area (Å²) < 4.78 is 27.3. The fraction of sp³-hybridized carbons (Fsp3) is 0.909. The third kappa shape index (κ3) is 9.13. The zero-order valence-electron chi connectivity index (χ0n) is 11.8. The summed E-state index contributed by atoms with van der Waals surface area (Å²) in [6.07, 6.45) is 0.838. The molecule has 114 valence electrons. The van der Waals surface area contributed by atoms with Crippen molar-refractivity contribution in [2.24, 2.45) is 11.8 Å². The van der Waals surface area contributed by atoms with Gasteiger partial charge in [0.15, 0.2) is 0 Å². The van der Waals surface area contributed by atoms with Crippen LogP contribution in [0.2, 0.25) is 0 Å². The molecular formula is C11H24NO6P. The van der Waals surface area contributed by atoms with E-state index in [2.05, 4.69) is 4.84 Å². The first-order chi connectivity index (χ1) is 8.97. The molecule has 0 aromatic heterocycles. The molecule has 0 aliphatic carbocycles. The molecule has 19 heavy (non-hydrogen) atoms. The first-order valence-electron chi connectivity index (χ1n) is 6.30. The topological polar surface area (TPSA) is 97.1 Å². The van der Waals surface area contributed by atoms with E-state index in [9.17, 15) is 9.36 Å². The highest BCUT2D eigenvalue weighted by atomic mass is 31.2. The summed E-state index contributed by atoms with van der Waals surface area (Å²) in [5.41, 5.74) is 0. The van der Waals surface area contributed by atoms with Gasteiger partial charge >= 0.3 is 13.6 Å². The Morgan fingerprint density at radius 3 is 2.42 bits per heavy atom. The second-order valence-corrected chi connectivity index (χ2v) is 6.34. The lowest BCUT2D eigenvalue weighted by molar-refractivity contribution is -0.143. The monoisotopic (exact) mass is 297 g/mol. The van der Waals surface area contributed by atoms with E-state index in [0.29, 0.717) is 19.2 Å². The van der Waals surface area contributed by atoms with Crippen molar-refractivity contribution in [3.63, 3.8) is 0 Å². The van der Waals surface area contributed by atoms with E-state index < -0.39 is 7.60 Å². The number of carbonyl (C=O) groups is 1. The van der Waals surface area contributed by atoms with Crippen LogP contribution in [0.25, 0.3) is 0 Å². The quantitative estimate of drug-likeness (QED) is 0.352. The van der Waals surface area contributed by atoms with Crippen molar-refractivity contribution in [2.75, 3.05) is 32.6 Å². The fourth-order valence-corrected chi connectivity index (χ4v) is 2.58. The Balaban J connectivity index is 4.09. The zero-order chi connectivity index (χ0) is 14.7. The van der Waals surface area contributed by atoms with Gasteiger partial charge in [-0.1, -0.05) is 6.92 Å². The normalized spacial score (nSPS) is 15.8. The number of rotatable bonds is 11. The van der Waals surface area contributed by atoms with Crippen LogP contribution in [-0.2, 0) is 28.0 Å². The Kier molecular flexibility index (Phi) is 10.1. The van der Waals surface area contributed by atoms with Gasteiger partial charge in [-0.05, 0) is 13.3 Å². The maximum Gasteiger partial charge on any atom is 0.330 e. The van der Waals surface area contributed by atoms with Crippen molar-refractivity contribution in [1.29, 1.82) is 0 Å². The molecule has 0 rings (SSSR count). The van der Waals surface area contributed by atoms with Gasteiger partial charge < -0.3 is 18.6 Å². The van der Waals surface area contributed by atoms with Gasteiger partial charge in [0.2, 0.25) is 0 Å². The van der Waals surface area contributed by atoms with Crippen molar-refractivity contribution in [2.45, 2.75) is 27.2 Å². The summed E-state index contributed by atoms with van der Waals surface area (Å²) >= 11 is 0. The van der Waals surface area contributed by atoms with Crippen LogP contribution >= 0.6 is 7.60 Å². The number of carbonyl (C=O) groups excluding carboxylic acids is 1. The summed E-state index contributed by atoms with van der Waals surface area (Å²) in [4.78, 5) is 15.3. The van der Waals surface area contributed by atoms with E-state index in [1.807, 2.05) is 0 Å². The molecule has 0 radical (unpaired) electrons. The molecule has 0 heterocycles. The van der Waals surface area contributed by atoms with Crippen LogP contribution < -0.4 is 5.90 Å². The zero-order valence-corrected chi connectivity index (χ0v) is 12.7. The Morgan fingerprint density at radius 1 is 1.26 bits per heavy atom. The summed E-state index contributed by atoms with van der Waals surface area (Å²) in [6, 6.07) is 0. The van der Waals surface area contributed by atoms with Crippen molar-refractivity contribution in [3.05, 3.63) is 0 Å². The number of hydrogen-bond acceptors (Lipinski definition) is 7. The second-order valence-electron chi connectivity index (χ2n) is 3.97. The van der Waals surface area contributed by atoms with Crippen molar-refractivity contribution >= 4 is 13.6 Å². The Morgan fingerprint density at radius 2 is 1.95 bits per heavy atom. The van der Waals surface area contributed by atoms with E-state index in [0.717, 1.165) is 0 Å². The Bertz CT molecular complexity index is 299. The number of esters is 1. The molecule has 0 fully saturated rings. The van der Waals surface area contributed by atoms with E-state index >= 15 is 0 Å². The Hall–Kier alpha value is -0.460. The minimum atomic E-state index is -2.99. The lowest BCUT2D eigenvalue weighted by Gasteiger charge is -2.19. The van der Waals surface area contributed by atoms with E-state index in [-0.39, 0.29) is 31.7 Å². The van der Waals surface area contributed by atoms with Crippen LogP contribution in [0.15, 0.2) is 0 Å². The van der Waals surface area contributed by atoms with Gasteiger partial charge in [-0.2, -0.15) is 0 Å². The van der Waals surface area contributed by atoms with Gasteiger partial charge in [0.25, 0.3) is 0 Å². The smallest absolute Gasteiger partial charge is 0.330 e. The highest BCUT2D eigenvalue weighted by molar-refractivity contribution is 7.53. The molecule has 0 aliphatic rings. The van der Waals surface area contributed by atoms with Gasteiger partial charge in [0.1, 0.15) is 0 Å². The molecule has 7 nitrogen and oxygen atoms in total. The standard InChI is InChI=1S/C11H24NO6P/c1-4-17-19(14,5-2)18-7-6-11(9-16-12)8-15-10(3)13/h11H,4-9,12H2,1-3H3. The first-order valence-corrected chi connectivity index (χ1v) is 8.03. The van der Waals surface area contributed by atoms with Crippen molar-refractivity contribution in [3.8, 4) is 0 Å². The number of hydrogen-bond donors (Lipinski definition) is 1. The highest BCUT2D eigenvalue weighted by Gasteiger charge is 2.22. The van der Waals surface area contributed by atoms with Crippen LogP contribution in [0.1, 0.15) is 27.2 Å².